The molecule has 0 unspecified atom stereocenters. The first-order valence-electron chi connectivity index (χ1n) is 4.13. The van der Waals surface area contributed by atoms with Gasteiger partial charge >= 0.3 is 0 Å². The molecule has 0 amide bonds. The Balaban J connectivity index is 3.15. The van der Waals surface area contributed by atoms with Crippen LogP contribution >= 0.6 is 0 Å². The van der Waals surface area contributed by atoms with E-state index in [0.717, 1.165) is 6.61 Å². The Morgan fingerprint density at radius 2 is 1.73 bits per heavy atom. The lowest BCUT2D eigenvalue weighted by atomic mass is 10.2. The van der Waals surface area contributed by atoms with Crippen LogP contribution in [0.4, 0.5) is 0 Å². The highest BCUT2D eigenvalue weighted by Crippen LogP contribution is 2.06. The summed E-state index contributed by atoms with van der Waals surface area (Å²) >= 11 is 0. The molecule has 2 heteroatoms. The van der Waals surface area contributed by atoms with Crippen LogP contribution in [0.3, 0.4) is 0 Å². The minimum absolute atomic E-state index is 0.0863. The van der Waals surface area contributed by atoms with Crippen LogP contribution in [0.25, 0.3) is 0 Å². The van der Waals surface area contributed by atoms with Crippen LogP contribution in [0.15, 0.2) is 0 Å². The third-order valence-corrected chi connectivity index (χ3v) is 1.03. The maximum atomic E-state index is 5.36. The summed E-state index contributed by atoms with van der Waals surface area (Å²) in [5, 5.41) is 0. The molecule has 0 saturated heterocycles. The van der Waals surface area contributed by atoms with Crippen molar-refractivity contribution in [3.63, 3.8) is 0 Å². The third kappa shape index (κ3) is 9.92. The van der Waals surface area contributed by atoms with E-state index in [-0.39, 0.29) is 5.60 Å². The third-order valence-electron chi connectivity index (χ3n) is 1.03. The van der Waals surface area contributed by atoms with Crippen LogP contribution in [-0.4, -0.2) is 19.0 Å². The Hall–Kier alpha value is -0.0800. The summed E-state index contributed by atoms with van der Waals surface area (Å²) in [7, 11) is 0. The molecule has 0 spiro atoms. The zero-order chi connectivity index (χ0) is 8.91. The van der Waals surface area contributed by atoms with Crippen molar-refractivity contribution in [3.05, 3.63) is 0 Å². The molecule has 0 N–H and O–H groups in total. The van der Waals surface area contributed by atoms with Crippen LogP contribution < -0.4 is 0 Å². The Morgan fingerprint density at radius 3 is 2.09 bits per heavy atom. The Kier molecular flexibility index (Phi) is 4.69. The van der Waals surface area contributed by atoms with Crippen LogP contribution in [-0.2, 0) is 9.47 Å². The average molecular weight is 160 g/mol. The summed E-state index contributed by atoms with van der Waals surface area (Å²) < 4.78 is 10.6. The molecule has 0 bridgehead atoms. The zero-order valence-electron chi connectivity index (χ0n) is 8.31. The fourth-order valence-corrected chi connectivity index (χ4v) is 0.502. The molecule has 68 valence electrons. The van der Waals surface area contributed by atoms with E-state index in [0.29, 0.717) is 12.7 Å². The first-order valence-corrected chi connectivity index (χ1v) is 4.13. The molecule has 0 aliphatic carbocycles. The maximum absolute atomic E-state index is 5.36. The summed E-state index contributed by atoms with van der Waals surface area (Å²) in [5.74, 6) is 0.582. The first-order chi connectivity index (χ1) is 4.92. The van der Waals surface area contributed by atoms with E-state index in [9.17, 15) is 0 Å². The number of rotatable bonds is 4. The highest BCUT2D eigenvalue weighted by Gasteiger charge is 2.09. The second kappa shape index (κ2) is 4.73. The van der Waals surface area contributed by atoms with Crippen molar-refractivity contribution in [3.8, 4) is 0 Å². The molecule has 11 heavy (non-hydrogen) atoms. The Morgan fingerprint density at radius 1 is 1.18 bits per heavy atom. The minimum Gasteiger partial charge on any atom is -0.355 e. The van der Waals surface area contributed by atoms with Gasteiger partial charge in [0.15, 0.2) is 0 Å². The first kappa shape index (κ1) is 10.9. The van der Waals surface area contributed by atoms with Gasteiger partial charge in [0.2, 0.25) is 0 Å². The van der Waals surface area contributed by atoms with Gasteiger partial charge < -0.3 is 9.47 Å². The van der Waals surface area contributed by atoms with E-state index in [2.05, 4.69) is 13.8 Å². The summed E-state index contributed by atoms with van der Waals surface area (Å²) in [5.41, 5.74) is -0.0863. The van der Waals surface area contributed by atoms with Gasteiger partial charge in [0.25, 0.3) is 0 Å². The van der Waals surface area contributed by atoms with E-state index in [1.54, 1.807) is 0 Å². The van der Waals surface area contributed by atoms with Crippen molar-refractivity contribution in [2.24, 2.45) is 5.92 Å². The minimum atomic E-state index is -0.0863. The molecule has 0 aromatic carbocycles. The van der Waals surface area contributed by atoms with Gasteiger partial charge in [-0.1, -0.05) is 13.8 Å². The fraction of sp³-hybridized carbons (Fsp3) is 1.00. The second-order valence-corrected chi connectivity index (χ2v) is 4.14. The van der Waals surface area contributed by atoms with Crippen molar-refractivity contribution in [2.45, 2.75) is 40.2 Å². The van der Waals surface area contributed by atoms with Gasteiger partial charge in [-0.2, -0.15) is 0 Å². The predicted molar refractivity (Wildman–Crippen MR) is 46.5 cm³/mol. The van der Waals surface area contributed by atoms with Gasteiger partial charge in [-0.05, 0) is 26.7 Å². The van der Waals surface area contributed by atoms with Crippen LogP contribution in [0, 0.1) is 5.92 Å². The van der Waals surface area contributed by atoms with Gasteiger partial charge in [-0.15, -0.1) is 0 Å². The van der Waals surface area contributed by atoms with E-state index < -0.39 is 0 Å². The topological polar surface area (TPSA) is 18.5 Å². The van der Waals surface area contributed by atoms with Crippen LogP contribution in [0.2, 0.25) is 0 Å². The molecule has 0 radical (unpaired) electrons. The number of hydrogen-bond acceptors (Lipinski definition) is 2. The zero-order valence-corrected chi connectivity index (χ0v) is 8.31. The molecule has 0 rings (SSSR count). The Bertz CT molecular complexity index is 92.2. The summed E-state index contributed by atoms with van der Waals surface area (Å²) in [6.45, 7) is 11.5. The molecule has 0 aliphatic rings. The van der Waals surface area contributed by atoms with Gasteiger partial charge in [0.1, 0.15) is 6.79 Å². The molecule has 0 aromatic heterocycles. The van der Waals surface area contributed by atoms with Gasteiger partial charge in [-0.25, -0.2) is 0 Å². The highest BCUT2D eigenvalue weighted by atomic mass is 16.7. The van der Waals surface area contributed by atoms with Crippen molar-refractivity contribution in [1.82, 2.24) is 0 Å². The normalized spacial score (nSPS) is 12.5. The van der Waals surface area contributed by atoms with Crippen molar-refractivity contribution in [1.29, 1.82) is 0 Å². The molecular weight excluding hydrogens is 140 g/mol. The monoisotopic (exact) mass is 160 g/mol. The molecule has 0 atom stereocenters. The summed E-state index contributed by atoms with van der Waals surface area (Å²) in [6.07, 6.45) is 0. The van der Waals surface area contributed by atoms with E-state index >= 15 is 0 Å². The van der Waals surface area contributed by atoms with Gasteiger partial charge in [0.05, 0.1) is 12.2 Å². The standard InChI is InChI=1S/C9H20O2/c1-8(2)6-10-7-11-9(3,4)5/h8H,6-7H2,1-5H3. The molecular formula is C9H20O2. The second-order valence-electron chi connectivity index (χ2n) is 4.14. The molecule has 0 fully saturated rings. The van der Waals surface area contributed by atoms with E-state index in [4.69, 9.17) is 9.47 Å². The quantitative estimate of drug-likeness (QED) is 0.464. The van der Waals surface area contributed by atoms with Gasteiger partial charge in [0, 0.05) is 0 Å². The predicted octanol–water partition coefficient (Wildman–Crippen LogP) is 2.43. The smallest absolute Gasteiger partial charge is 0.147 e. The molecule has 0 aromatic rings. The molecule has 0 aliphatic heterocycles. The summed E-state index contributed by atoms with van der Waals surface area (Å²) in [4.78, 5) is 0. The number of hydrogen-bond donors (Lipinski definition) is 0. The van der Waals surface area contributed by atoms with Crippen molar-refractivity contribution >= 4 is 0 Å². The maximum Gasteiger partial charge on any atom is 0.147 e. The summed E-state index contributed by atoms with van der Waals surface area (Å²) in [6, 6.07) is 0. The van der Waals surface area contributed by atoms with Crippen LogP contribution in [0.5, 0.6) is 0 Å². The molecule has 0 saturated carbocycles. The lowest BCUT2D eigenvalue weighted by molar-refractivity contribution is -0.124. The lowest BCUT2D eigenvalue weighted by Crippen LogP contribution is -2.21. The average Bonchev–Trinajstić information content (AvgIpc) is 1.78. The van der Waals surface area contributed by atoms with E-state index in [1.165, 1.54) is 0 Å². The highest BCUT2D eigenvalue weighted by molar-refractivity contribution is 4.56. The lowest BCUT2D eigenvalue weighted by Gasteiger charge is -2.19. The fourth-order valence-electron chi connectivity index (χ4n) is 0.502. The van der Waals surface area contributed by atoms with E-state index in [1.807, 2.05) is 20.8 Å². The largest absolute Gasteiger partial charge is 0.355 e. The van der Waals surface area contributed by atoms with Gasteiger partial charge in [-0.3, -0.25) is 0 Å². The van der Waals surface area contributed by atoms with Crippen molar-refractivity contribution in [2.75, 3.05) is 13.4 Å². The van der Waals surface area contributed by atoms with Crippen molar-refractivity contribution < 1.29 is 9.47 Å². The number of ether oxygens (including phenoxy) is 2. The molecule has 0 heterocycles. The van der Waals surface area contributed by atoms with Crippen LogP contribution in [0.1, 0.15) is 34.6 Å². The molecule has 2 nitrogen and oxygen atoms in total. The Labute approximate surface area is 69.9 Å². The SMILES string of the molecule is CC(C)COCOC(C)(C)C.